The van der Waals surface area contributed by atoms with Crippen molar-refractivity contribution in [3.8, 4) is 11.8 Å². The van der Waals surface area contributed by atoms with Gasteiger partial charge in [-0.3, -0.25) is 4.72 Å². The largest absolute Gasteiger partial charge is 0.505 e. The Morgan fingerprint density at radius 3 is 2.75 bits per heavy atom. The van der Waals surface area contributed by atoms with Gasteiger partial charge >= 0.3 is 0 Å². The van der Waals surface area contributed by atoms with Crippen LogP contribution < -0.4 is 4.72 Å². The van der Waals surface area contributed by atoms with E-state index in [-0.39, 0.29) is 16.3 Å². The maximum absolute atomic E-state index is 13.2. The van der Waals surface area contributed by atoms with Crippen LogP contribution >= 0.6 is 0 Å². The zero-order valence-electron chi connectivity index (χ0n) is 9.91. The molecular formula is C12H8FN3O3S. The minimum absolute atomic E-state index is 0.0759. The molecule has 2 N–H and O–H groups in total. The van der Waals surface area contributed by atoms with Crippen molar-refractivity contribution in [3.63, 3.8) is 0 Å². The van der Waals surface area contributed by atoms with E-state index in [9.17, 15) is 12.8 Å². The number of phenols is 1. The molecule has 0 fully saturated rings. The predicted molar refractivity (Wildman–Crippen MR) is 67.8 cm³/mol. The second kappa shape index (κ2) is 5.14. The molecule has 1 aromatic carbocycles. The number of aromatic hydroxyl groups is 1. The highest BCUT2D eigenvalue weighted by molar-refractivity contribution is 7.92. The van der Waals surface area contributed by atoms with Gasteiger partial charge in [0.15, 0.2) is 17.3 Å². The van der Waals surface area contributed by atoms with E-state index >= 15 is 0 Å². The lowest BCUT2D eigenvalue weighted by Crippen LogP contribution is -2.15. The molecule has 0 radical (unpaired) electrons. The Morgan fingerprint density at radius 2 is 2.10 bits per heavy atom. The summed E-state index contributed by atoms with van der Waals surface area (Å²) in [5.41, 5.74) is -0.340. The molecule has 0 amide bonds. The highest BCUT2D eigenvalue weighted by Crippen LogP contribution is 2.22. The Kier molecular flexibility index (Phi) is 3.54. The third-order valence-electron chi connectivity index (χ3n) is 2.37. The minimum atomic E-state index is -4.07. The smallest absolute Gasteiger partial charge is 0.264 e. The van der Waals surface area contributed by atoms with Gasteiger partial charge in [-0.1, -0.05) is 0 Å². The van der Waals surface area contributed by atoms with Gasteiger partial charge in [0.25, 0.3) is 10.0 Å². The van der Waals surface area contributed by atoms with Crippen LogP contribution in [0.1, 0.15) is 5.69 Å². The van der Waals surface area contributed by atoms with Crippen molar-refractivity contribution in [3.05, 3.63) is 48.0 Å². The lowest BCUT2D eigenvalue weighted by Gasteiger charge is -2.09. The Labute approximate surface area is 114 Å². The number of nitrogens with zero attached hydrogens (tertiary/aromatic N) is 2. The molecule has 102 valence electrons. The SMILES string of the molecule is N#Cc1ncccc1S(=O)(=O)Nc1ccc(O)c(F)c1. The number of nitriles is 1. The first-order valence-electron chi connectivity index (χ1n) is 5.30. The van der Waals surface area contributed by atoms with Gasteiger partial charge in [0.05, 0.1) is 5.69 Å². The van der Waals surface area contributed by atoms with Gasteiger partial charge in [-0.15, -0.1) is 0 Å². The number of pyridine rings is 1. The van der Waals surface area contributed by atoms with Gasteiger partial charge < -0.3 is 5.11 Å². The van der Waals surface area contributed by atoms with Gasteiger partial charge in [-0.05, 0) is 24.3 Å². The van der Waals surface area contributed by atoms with Crippen LogP contribution in [-0.2, 0) is 10.0 Å². The maximum Gasteiger partial charge on any atom is 0.264 e. The van der Waals surface area contributed by atoms with E-state index in [0.29, 0.717) is 0 Å². The molecule has 0 aliphatic heterocycles. The fourth-order valence-corrected chi connectivity index (χ4v) is 2.63. The number of aromatic nitrogens is 1. The molecular weight excluding hydrogens is 285 g/mol. The Hall–Kier alpha value is -2.66. The average Bonchev–Trinajstić information content (AvgIpc) is 2.42. The molecule has 2 rings (SSSR count). The van der Waals surface area contributed by atoms with Gasteiger partial charge in [-0.25, -0.2) is 17.8 Å². The van der Waals surface area contributed by atoms with Crippen LogP contribution in [0.5, 0.6) is 5.75 Å². The van der Waals surface area contributed by atoms with E-state index in [1.807, 2.05) is 0 Å². The normalized spacial score (nSPS) is 10.8. The number of benzene rings is 1. The second-order valence-electron chi connectivity index (χ2n) is 3.73. The highest BCUT2D eigenvalue weighted by Gasteiger charge is 2.19. The van der Waals surface area contributed by atoms with Crippen molar-refractivity contribution in [2.75, 3.05) is 4.72 Å². The Morgan fingerprint density at radius 1 is 1.35 bits per heavy atom. The van der Waals surface area contributed by atoms with E-state index < -0.39 is 21.6 Å². The predicted octanol–water partition coefficient (Wildman–Crippen LogP) is 1.60. The number of hydrogen-bond donors (Lipinski definition) is 2. The fraction of sp³-hybridized carbons (Fsp3) is 0. The van der Waals surface area contributed by atoms with E-state index in [1.165, 1.54) is 24.4 Å². The van der Waals surface area contributed by atoms with Crippen LogP contribution in [0.25, 0.3) is 0 Å². The topological polar surface area (TPSA) is 103 Å². The molecule has 20 heavy (non-hydrogen) atoms. The van der Waals surface area contributed by atoms with Crippen LogP contribution in [0.3, 0.4) is 0 Å². The summed E-state index contributed by atoms with van der Waals surface area (Å²) in [6.45, 7) is 0. The van der Waals surface area contributed by atoms with E-state index in [2.05, 4.69) is 9.71 Å². The summed E-state index contributed by atoms with van der Waals surface area (Å²) in [6, 6.07) is 7.28. The summed E-state index contributed by atoms with van der Waals surface area (Å²) in [4.78, 5) is 3.33. The highest BCUT2D eigenvalue weighted by atomic mass is 32.2. The molecule has 0 aliphatic rings. The van der Waals surface area contributed by atoms with Gasteiger partial charge in [-0.2, -0.15) is 5.26 Å². The van der Waals surface area contributed by atoms with Crippen LogP contribution in [0.4, 0.5) is 10.1 Å². The molecule has 6 nitrogen and oxygen atoms in total. The molecule has 0 atom stereocenters. The summed E-state index contributed by atoms with van der Waals surface area (Å²) in [6.07, 6.45) is 1.29. The van der Waals surface area contributed by atoms with Gasteiger partial charge in [0.1, 0.15) is 11.0 Å². The van der Waals surface area contributed by atoms with Gasteiger partial charge in [0, 0.05) is 12.3 Å². The third kappa shape index (κ3) is 2.67. The molecule has 0 saturated carbocycles. The van der Waals surface area contributed by atoms with Crippen molar-refractivity contribution >= 4 is 15.7 Å². The first-order chi connectivity index (χ1) is 9.44. The number of halogens is 1. The molecule has 0 saturated heterocycles. The monoisotopic (exact) mass is 293 g/mol. The van der Waals surface area contributed by atoms with Crippen LogP contribution in [0, 0.1) is 17.1 Å². The number of nitrogens with one attached hydrogen (secondary N) is 1. The minimum Gasteiger partial charge on any atom is -0.505 e. The van der Waals surface area contributed by atoms with E-state index in [4.69, 9.17) is 10.4 Å². The van der Waals surface area contributed by atoms with Crippen molar-refractivity contribution in [1.82, 2.24) is 4.98 Å². The summed E-state index contributed by atoms with van der Waals surface area (Å²) in [7, 11) is -4.07. The lowest BCUT2D eigenvalue weighted by atomic mass is 10.3. The van der Waals surface area contributed by atoms with Crippen molar-refractivity contribution in [2.24, 2.45) is 0 Å². The average molecular weight is 293 g/mol. The number of sulfonamides is 1. The lowest BCUT2D eigenvalue weighted by molar-refractivity contribution is 0.432. The summed E-state index contributed by atoms with van der Waals surface area (Å²) in [5.74, 6) is -1.55. The van der Waals surface area contributed by atoms with Crippen LogP contribution in [-0.4, -0.2) is 18.5 Å². The zero-order chi connectivity index (χ0) is 14.8. The Balaban J connectivity index is 2.41. The molecule has 0 spiro atoms. The zero-order valence-corrected chi connectivity index (χ0v) is 10.7. The quantitative estimate of drug-likeness (QED) is 0.837. The molecule has 2 aromatic rings. The Bertz CT molecular complexity index is 800. The summed E-state index contributed by atoms with van der Waals surface area (Å²) in [5, 5.41) is 17.9. The van der Waals surface area contributed by atoms with Crippen LogP contribution in [0.2, 0.25) is 0 Å². The molecule has 1 aromatic heterocycles. The van der Waals surface area contributed by atoms with E-state index in [1.54, 1.807) is 6.07 Å². The number of rotatable bonds is 3. The summed E-state index contributed by atoms with van der Waals surface area (Å²) >= 11 is 0. The van der Waals surface area contributed by atoms with E-state index in [0.717, 1.165) is 12.1 Å². The third-order valence-corrected chi connectivity index (χ3v) is 3.78. The molecule has 0 bridgehead atoms. The first-order valence-corrected chi connectivity index (χ1v) is 6.79. The maximum atomic E-state index is 13.2. The summed E-state index contributed by atoms with van der Waals surface area (Å²) < 4.78 is 39.4. The second-order valence-corrected chi connectivity index (χ2v) is 5.38. The molecule has 8 heteroatoms. The van der Waals surface area contributed by atoms with Gasteiger partial charge in [0.2, 0.25) is 0 Å². The van der Waals surface area contributed by atoms with Crippen molar-refractivity contribution in [2.45, 2.75) is 4.90 Å². The fourth-order valence-electron chi connectivity index (χ4n) is 1.47. The van der Waals surface area contributed by atoms with Crippen molar-refractivity contribution in [1.29, 1.82) is 5.26 Å². The number of phenolic OH excluding ortho intramolecular Hbond substituents is 1. The first kappa shape index (κ1) is 13.8. The number of hydrogen-bond acceptors (Lipinski definition) is 5. The molecule has 1 heterocycles. The van der Waals surface area contributed by atoms with Crippen molar-refractivity contribution < 1.29 is 17.9 Å². The molecule has 0 aliphatic carbocycles. The molecule has 0 unspecified atom stereocenters. The number of anilines is 1. The standard InChI is InChI=1S/C12H8FN3O3S/c13-9-6-8(3-4-11(9)17)16-20(18,19)12-2-1-5-15-10(12)7-14/h1-6,16-17H. The van der Waals surface area contributed by atoms with Crippen LogP contribution in [0.15, 0.2) is 41.4 Å².